The minimum absolute atomic E-state index is 0.151. The zero-order valence-electron chi connectivity index (χ0n) is 18.8. The van der Waals surface area contributed by atoms with Gasteiger partial charge in [0.25, 0.3) is 11.8 Å². The molecule has 3 aromatic carbocycles. The average molecular weight is 444 g/mol. The summed E-state index contributed by atoms with van der Waals surface area (Å²) >= 11 is 0. The molecule has 33 heavy (non-hydrogen) atoms. The van der Waals surface area contributed by atoms with E-state index in [1.807, 2.05) is 31.2 Å². The van der Waals surface area contributed by atoms with Crippen LogP contribution in [0.2, 0.25) is 0 Å². The van der Waals surface area contributed by atoms with Crippen LogP contribution < -0.4 is 24.4 Å². The van der Waals surface area contributed by atoms with E-state index in [2.05, 4.69) is 5.32 Å². The Morgan fingerprint density at radius 1 is 0.758 bits per heavy atom. The van der Waals surface area contributed by atoms with Crippen LogP contribution >= 0.6 is 0 Å². The van der Waals surface area contributed by atoms with Gasteiger partial charge in [0.05, 0.1) is 38.3 Å². The molecule has 0 radical (unpaired) electrons. The number of aryl methyl sites for hydroxylation is 1. The third kappa shape index (κ3) is 4.01. The highest BCUT2D eigenvalue weighted by molar-refractivity contribution is 6.46. The fraction of sp³-hybridized carbons (Fsp3) is 0.154. The summed E-state index contributed by atoms with van der Waals surface area (Å²) in [6.45, 7) is 1.96. The molecule has 2 amide bonds. The summed E-state index contributed by atoms with van der Waals surface area (Å²) in [5.74, 6) is 0.572. The summed E-state index contributed by atoms with van der Waals surface area (Å²) < 4.78 is 16.1. The van der Waals surface area contributed by atoms with Crippen molar-refractivity contribution >= 4 is 28.8 Å². The quantitative estimate of drug-likeness (QED) is 0.544. The van der Waals surface area contributed by atoms with Crippen molar-refractivity contribution in [3.8, 4) is 17.2 Å². The molecule has 1 N–H and O–H groups in total. The average Bonchev–Trinajstić information content (AvgIpc) is 3.08. The van der Waals surface area contributed by atoms with Crippen LogP contribution in [0.15, 0.2) is 72.4 Å². The fourth-order valence-electron chi connectivity index (χ4n) is 3.70. The standard InChI is InChI=1S/C26H24N2O5/c1-16-9-11-17(12-10-16)23-24(27-19-14-13-18(31-2)15-22(19)33-4)26(30)28(25(23)29)20-7-5-6-8-21(20)32-3/h5-15,27H,1-4H3. The van der Waals surface area contributed by atoms with Gasteiger partial charge in [-0.05, 0) is 36.8 Å². The molecule has 1 aliphatic rings. The number of methoxy groups -OCH3 is 3. The number of hydrogen-bond acceptors (Lipinski definition) is 6. The van der Waals surface area contributed by atoms with E-state index in [9.17, 15) is 9.59 Å². The van der Waals surface area contributed by atoms with E-state index in [1.54, 1.807) is 49.6 Å². The number of amides is 2. The Labute approximate surface area is 192 Å². The van der Waals surface area contributed by atoms with Crippen molar-refractivity contribution in [1.29, 1.82) is 0 Å². The molecule has 1 heterocycles. The maximum atomic E-state index is 13.6. The molecule has 1 aliphatic heterocycles. The highest BCUT2D eigenvalue weighted by Crippen LogP contribution is 2.39. The summed E-state index contributed by atoms with van der Waals surface area (Å²) in [5.41, 5.74) is 3.00. The summed E-state index contributed by atoms with van der Waals surface area (Å²) in [7, 11) is 4.59. The number of carbonyl (C=O) groups is 2. The minimum atomic E-state index is -0.488. The smallest absolute Gasteiger partial charge is 0.282 e. The van der Waals surface area contributed by atoms with Gasteiger partial charge < -0.3 is 19.5 Å². The lowest BCUT2D eigenvalue weighted by Gasteiger charge is -2.18. The van der Waals surface area contributed by atoms with E-state index in [0.29, 0.717) is 34.2 Å². The number of nitrogens with zero attached hydrogens (tertiary/aromatic N) is 1. The Kier molecular flexibility index (Phi) is 6.04. The van der Waals surface area contributed by atoms with Crippen LogP contribution in [-0.2, 0) is 9.59 Å². The van der Waals surface area contributed by atoms with E-state index in [1.165, 1.54) is 14.2 Å². The molecule has 0 saturated carbocycles. The van der Waals surface area contributed by atoms with Gasteiger partial charge in [-0.15, -0.1) is 0 Å². The number of benzene rings is 3. The van der Waals surface area contributed by atoms with E-state index in [-0.39, 0.29) is 11.3 Å². The van der Waals surface area contributed by atoms with Gasteiger partial charge in [-0.25, -0.2) is 4.90 Å². The molecule has 0 spiro atoms. The number of para-hydroxylation sites is 2. The first kappa shape index (κ1) is 22.0. The molecule has 0 unspecified atom stereocenters. The van der Waals surface area contributed by atoms with Crippen LogP contribution in [0.4, 0.5) is 11.4 Å². The number of nitrogens with one attached hydrogen (secondary N) is 1. The van der Waals surface area contributed by atoms with Crippen molar-refractivity contribution < 1.29 is 23.8 Å². The summed E-state index contributed by atoms with van der Waals surface area (Å²) in [5, 5.41) is 3.14. The van der Waals surface area contributed by atoms with E-state index in [4.69, 9.17) is 14.2 Å². The van der Waals surface area contributed by atoms with Gasteiger partial charge in [0, 0.05) is 6.07 Å². The Morgan fingerprint density at radius 2 is 1.45 bits per heavy atom. The van der Waals surface area contributed by atoms with Gasteiger partial charge in [0.15, 0.2) is 0 Å². The third-order valence-electron chi connectivity index (χ3n) is 5.42. The Balaban J connectivity index is 1.85. The molecule has 0 saturated heterocycles. The molecular formula is C26H24N2O5. The molecule has 0 fully saturated rings. The van der Waals surface area contributed by atoms with Crippen LogP contribution in [0.5, 0.6) is 17.2 Å². The van der Waals surface area contributed by atoms with E-state index in [0.717, 1.165) is 10.5 Å². The van der Waals surface area contributed by atoms with Gasteiger partial charge in [-0.2, -0.15) is 0 Å². The summed E-state index contributed by atoms with van der Waals surface area (Å²) in [6, 6.07) is 19.6. The van der Waals surface area contributed by atoms with E-state index < -0.39 is 11.8 Å². The molecule has 0 aromatic heterocycles. The highest BCUT2D eigenvalue weighted by atomic mass is 16.5. The fourth-order valence-corrected chi connectivity index (χ4v) is 3.70. The minimum Gasteiger partial charge on any atom is -0.497 e. The Bertz CT molecular complexity index is 1250. The number of ether oxygens (including phenoxy) is 3. The lowest BCUT2D eigenvalue weighted by molar-refractivity contribution is -0.120. The second kappa shape index (κ2) is 9.08. The number of carbonyl (C=O) groups excluding carboxylic acids is 2. The Hall–Kier alpha value is -4.26. The molecule has 168 valence electrons. The molecule has 3 aromatic rings. The first-order chi connectivity index (χ1) is 16.0. The molecule has 0 aliphatic carbocycles. The lowest BCUT2D eigenvalue weighted by Crippen LogP contribution is -2.32. The topological polar surface area (TPSA) is 77.1 Å². The molecule has 0 atom stereocenters. The predicted molar refractivity (Wildman–Crippen MR) is 127 cm³/mol. The normalized spacial score (nSPS) is 13.4. The van der Waals surface area contributed by atoms with Gasteiger partial charge in [0.2, 0.25) is 0 Å². The lowest BCUT2D eigenvalue weighted by atomic mass is 10.0. The van der Waals surface area contributed by atoms with Crippen LogP contribution in [-0.4, -0.2) is 33.1 Å². The molecule has 4 rings (SSSR count). The van der Waals surface area contributed by atoms with Crippen LogP contribution in [0.3, 0.4) is 0 Å². The SMILES string of the molecule is COc1ccc(NC2=C(c3ccc(C)cc3)C(=O)N(c3ccccc3OC)C2=O)c(OC)c1. The van der Waals surface area contributed by atoms with Gasteiger partial charge >= 0.3 is 0 Å². The first-order valence-electron chi connectivity index (χ1n) is 10.3. The third-order valence-corrected chi connectivity index (χ3v) is 5.42. The van der Waals surface area contributed by atoms with E-state index >= 15 is 0 Å². The first-order valence-corrected chi connectivity index (χ1v) is 10.3. The molecule has 0 bridgehead atoms. The number of anilines is 2. The molecule has 7 nitrogen and oxygen atoms in total. The number of imide groups is 1. The van der Waals surface area contributed by atoms with Crippen molar-refractivity contribution in [3.63, 3.8) is 0 Å². The maximum Gasteiger partial charge on any atom is 0.282 e. The van der Waals surface area contributed by atoms with Crippen molar-refractivity contribution in [2.45, 2.75) is 6.92 Å². The summed E-state index contributed by atoms with van der Waals surface area (Å²) in [6.07, 6.45) is 0. The molecular weight excluding hydrogens is 420 g/mol. The zero-order valence-corrected chi connectivity index (χ0v) is 18.8. The maximum absolute atomic E-state index is 13.6. The van der Waals surface area contributed by atoms with Gasteiger partial charge in [-0.3, -0.25) is 9.59 Å². The van der Waals surface area contributed by atoms with Crippen molar-refractivity contribution in [1.82, 2.24) is 0 Å². The van der Waals surface area contributed by atoms with Gasteiger partial charge in [0.1, 0.15) is 22.9 Å². The predicted octanol–water partition coefficient (Wildman–Crippen LogP) is 4.42. The van der Waals surface area contributed by atoms with Gasteiger partial charge in [-0.1, -0.05) is 42.0 Å². The second-order valence-electron chi connectivity index (χ2n) is 7.42. The van der Waals surface area contributed by atoms with Crippen LogP contribution in [0.1, 0.15) is 11.1 Å². The van der Waals surface area contributed by atoms with Crippen LogP contribution in [0, 0.1) is 6.92 Å². The van der Waals surface area contributed by atoms with Crippen molar-refractivity contribution in [3.05, 3.63) is 83.6 Å². The van der Waals surface area contributed by atoms with Crippen LogP contribution in [0.25, 0.3) is 5.57 Å². The number of rotatable bonds is 7. The monoisotopic (exact) mass is 444 g/mol. The van der Waals surface area contributed by atoms with Crippen molar-refractivity contribution in [2.75, 3.05) is 31.5 Å². The summed E-state index contributed by atoms with van der Waals surface area (Å²) in [4.78, 5) is 28.4. The van der Waals surface area contributed by atoms with Crippen molar-refractivity contribution in [2.24, 2.45) is 0 Å². The molecule has 7 heteroatoms. The Morgan fingerprint density at radius 3 is 2.12 bits per heavy atom. The second-order valence-corrected chi connectivity index (χ2v) is 7.42. The highest BCUT2D eigenvalue weighted by Gasteiger charge is 2.41. The zero-order chi connectivity index (χ0) is 23.5. The largest absolute Gasteiger partial charge is 0.497 e. The number of hydrogen-bond donors (Lipinski definition) is 1.